The molecule has 1 heterocycles. The van der Waals surface area contributed by atoms with Crippen LogP contribution in [0, 0.1) is 0 Å². The molecule has 2 amide bonds. The SMILES string of the molecule is O=C1C=C(c2ccc(Br)c3ccccc23)C(=O)N1. The van der Waals surface area contributed by atoms with Crippen LogP contribution in [0.1, 0.15) is 5.56 Å². The van der Waals surface area contributed by atoms with Gasteiger partial charge in [-0.2, -0.15) is 0 Å². The smallest absolute Gasteiger partial charge is 0.258 e. The zero-order chi connectivity index (χ0) is 12.7. The van der Waals surface area contributed by atoms with Crippen molar-refractivity contribution in [3.8, 4) is 0 Å². The van der Waals surface area contributed by atoms with Crippen molar-refractivity contribution in [2.24, 2.45) is 0 Å². The number of imide groups is 1. The van der Waals surface area contributed by atoms with E-state index in [0.29, 0.717) is 5.57 Å². The zero-order valence-electron chi connectivity index (χ0n) is 9.24. The minimum Gasteiger partial charge on any atom is -0.289 e. The van der Waals surface area contributed by atoms with Crippen molar-refractivity contribution in [1.82, 2.24) is 5.32 Å². The number of halogens is 1. The summed E-state index contributed by atoms with van der Waals surface area (Å²) in [4.78, 5) is 22.9. The molecule has 3 nitrogen and oxygen atoms in total. The van der Waals surface area contributed by atoms with E-state index in [1.165, 1.54) is 6.08 Å². The van der Waals surface area contributed by atoms with Gasteiger partial charge in [-0.15, -0.1) is 0 Å². The molecule has 0 aromatic heterocycles. The lowest BCUT2D eigenvalue weighted by molar-refractivity contribution is -0.123. The molecule has 18 heavy (non-hydrogen) atoms. The molecule has 88 valence electrons. The van der Waals surface area contributed by atoms with Gasteiger partial charge in [0.25, 0.3) is 11.8 Å². The fraction of sp³-hybridized carbons (Fsp3) is 0. The molecule has 1 N–H and O–H groups in total. The molecule has 0 bridgehead atoms. The molecule has 0 atom stereocenters. The first-order chi connectivity index (χ1) is 8.66. The van der Waals surface area contributed by atoms with Gasteiger partial charge in [-0.05, 0) is 22.4 Å². The molecule has 2 aromatic carbocycles. The van der Waals surface area contributed by atoms with Crippen molar-refractivity contribution < 1.29 is 9.59 Å². The molecule has 4 heteroatoms. The minimum atomic E-state index is -0.359. The van der Waals surface area contributed by atoms with E-state index >= 15 is 0 Å². The molecule has 1 aliphatic heterocycles. The first-order valence-electron chi connectivity index (χ1n) is 5.41. The maximum Gasteiger partial charge on any atom is 0.258 e. The zero-order valence-corrected chi connectivity index (χ0v) is 10.8. The molecule has 0 aliphatic carbocycles. The molecular formula is C14H8BrNO2. The van der Waals surface area contributed by atoms with E-state index in [-0.39, 0.29) is 11.8 Å². The highest BCUT2D eigenvalue weighted by molar-refractivity contribution is 9.10. The number of carbonyl (C=O) groups is 2. The van der Waals surface area contributed by atoms with Gasteiger partial charge in [-0.25, -0.2) is 0 Å². The molecule has 0 saturated heterocycles. The topological polar surface area (TPSA) is 46.2 Å². The van der Waals surface area contributed by atoms with Crippen molar-refractivity contribution in [3.63, 3.8) is 0 Å². The van der Waals surface area contributed by atoms with Gasteiger partial charge in [0, 0.05) is 10.5 Å². The fourth-order valence-electron chi connectivity index (χ4n) is 2.11. The number of hydrogen-bond donors (Lipinski definition) is 1. The summed E-state index contributed by atoms with van der Waals surface area (Å²) < 4.78 is 0.965. The standard InChI is InChI=1S/C14H8BrNO2/c15-12-6-5-9(8-3-1-2-4-10(8)12)11-7-13(17)16-14(11)18/h1-7H,(H,16,17,18). The Morgan fingerprint density at radius 1 is 0.944 bits per heavy atom. The van der Waals surface area contributed by atoms with Crippen LogP contribution >= 0.6 is 15.9 Å². The number of benzene rings is 2. The summed E-state index contributed by atoms with van der Waals surface area (Å²) in [7, 11) is 0. The van der Waals surface area contributed by atoms with Crippen LogP contribution in [0.15, 0.2) is 46.9 Å². The van der Waals surface area contributed by atoms with E-state index in [0.717, 1.165) is 20.8 Å². The van der Waals surface area contributed by atoms with Gasteiger partial charge in [0.15, 0.2) is 0 Å². The van der Waals surface area contributed by atoms with Crippen LogP contribution < -0.4 is 5.32 Å². The van der Waals surface area contributed by atoms with Gasteiger partial charge < -0.3 is 0 Å². The summed E-state index contributed by atoms with van der Waals surface area (Å²) in [5, 5.41) is 4.23. The second-order valence-electron chi connectivity index (χ2n) is 4.02. The quantitative estimate of drug-likeness (QED) is 0.823. The van der Waals surface area contributed by atoms with E-state index < -0.39 is 0 Å². The average Bonchev–Trinajstić information content (AvgIpc) is 2.69. The maximum absolute atomic E-state index is 11.7. The van der Waals surface area contributed by atoms with Crippen LogP contribution in [0.2, 0.25) is 0 Å². The summed E-state index contributed by atoms with van der Waals surface area (Å²) in [5.74, 6) is -0.700. The predicted octanol–water partition coefficient (Wildman–Crippen LogP) is 2.64. The summed E-state index contributed by atoms with van der Waals surface area (Å²) in [6, 6.07) is 11.5. The van der Waals surface area contributed by atoms with Crippen LogP contribution in [0.3, 0.4) is 0 Å². The molecule has 0 saturated carbocycles. The normalized spacial score (nSPS) is 14.8. The number of rotatable bonds is 1. The Morgan fingerprint density at radius 2 is 1.67 bits per heavy atom. The molecule has 2 aromatic rings. The van der Waals surface area contributed by atoms with Crippen molar-refractivity contribution in [2.45, 2.75) is 0 Å². The predicted molar refractivity (Wildman–Crippen MR) is 72.8 cm³/mol. The number of fused-ring (bicyclic) bond motifs is 1. The number of carbonyl (C=O) groups excluding carboxylic acids is 2. The summed E-state index contributed by atoms with van der Waals surface area (Å²) >= 11 is 3.48. The Kier molecular flexibility index (Phi) is 2.52. The van der Waals surface area contributed by atoms with Crippen LogP contribution in [0.4, 0.5) is 0 Å². The molecule has 3 rings (SSSR count). The highest BCUT2D eigenvalue weighted by Crippen LogP contribution is 2.31. The maximum atomic E-state index is 11.7. The van der Waals surface area contributed by atoms with Crippen LogP contribution in [-0.2, 0) is 9.59 Å². The van der Waals surface area contributed by atoms with E-state index in [1.54, 1.807) is 0 Å². The van der Waals surface area contributed by atoms with Gasteiger partial charge in [-0.3, -0.25) is 14.9 Å². The van der Waals surface area contributed by atoms with Crippen molar-refractivity contribution in [2.75, 3.05) is 0 Å². The molecule has 0 spiro atoms. The Morgan fingerprint density at radius 3 is 2.33 bits per heavy atom. The summed E-state index contributed by atoms with van der Waals surface area (Å²) in [6.45, 7) is 0. The number of amides is 2. The molecule has 0 unspecified atom stereocenters. The third-order valence-electron chi connectivity index (χ3n) is 2.92. The summed E-state index contributed by atoms with van der Waals surface area (Å²) in [6.07, 6.45) is 1.35. The van der Waals surface area contributed by atoms with Gasteiger partial charge in [-0.1, -0.05) is 46.3 Å². The minimum absolute atomic E-state index is 0.340. The van der Waals surface area contributed by atoms with Crippen molar-refractivity contribution >= 4 is 44.1 Å². The largest absolute Gasteiger partial charge is 0.289 e. The Hall–Kier alpha value is -1.94. The van der Waals surface area contributed by atoms with E-state index in [9.17, 15) is 9.59 Å². The summed E-state index contributed by atoms with van der Waals surface area (Å²) in [5.41, 5.74) is 1.20. The molecule has 0 radical (unpaired) electrons. The van der Waals surface area contributed by atoms with E-state index in [1.807, 2.05) is 36.4 Å². The molecule has 0 fully saturated rings. The third kappa shape index (κ3) is 1.66. The molecule has 1 aliphatic rings. The number of nitrogens with one attached hydrogen (secondary N) is 1. The Labute approximate surface area is 112 Å². The van der Waals surface area contributed by atoms with Crippen molar-refractivity contribution in [3.05, 3.63) is 52.5 Å². The van der Waals surface area contributed by atoms with Gasteiger partial charge in [0.1, 0.15) is 0 Å². The van der Waals surface area contributed by atoms with E-state index in [4.69, 9.17) is 0 Å². The van der Waals surface area contributed by atoms with Gasteiger partial charge >= 0.3 is 0 Å². The lowest BCUT2D eigenvalue weighted by Gasteiger charge is -2.07. The van der Waals surface area contributed by atoms with Gasteiger partial charge in [0.05, 0.1) is 5.57 Å². The molecular weight excluding hydrogens is 294 g/mol. The Bertz CT molecular complexity index is 719. The lowest BCUT2D eigenvalue weighted by Crippen LogP contribution is -2.21. The monoisotopic (exact) mass is 301 g/mol. The second kappa shape index (κ2) is 4.07. The average molecular weight is 302 g/mol. The van der Waals surface area contributed by atoms with Crippen molar-refractivity contribution in [1.29, 1.82) is 0 Å². The van der Waals surface area contributed by atoms with Crippen LogP contribution in [0.25, 0.3) is 16.3 Å². The fourth-order valence-corrected chi connectivity index (χ4v) is 2.59. The highest BCUT2D eigenvalue weighted by atomic mass is 79.9. The Balaban J connectivity index is 2.31. The first-order valence-corrected chi connectivity index (χ1v) is 6.21. The highest BCUT2D eigenvalue weighted by Gasteiger charge is 2.23. The first kappa shape index (κ1) is 11.2. The van der Waals surface area contributed by atoms with Crippen LogP contribution in [-0.4, -0.2) is 11.8 Å². The van der Waals surface area contributed by atoms with E-state index in [2.05, 4.69) is 21.2 Å². The number of hydrogen-bond acceptors (Lipinski definition) is 2. The van der Waals surface area contributed by atoms with Gasteiger partial charge in [0.2, 0.25) is 0 Å². The third-order valence-corrected chi connectivity index (χ3v) is 3.61. The van der Waals surface area contributed by atoms with Crippen LogP contribution in [0.5, 0.6) is 0 Å². The second-order valence-corrected chi connectivity index (χ2v) is 4.87. The lowest BCUT2D eigenvalue weighted by atomic mass is 9.98.